The van der Waals surface area contributed by atoms with Gasteiger partial charge in [-0.2, -0.15) is 0 Å². The lowest BCUT2D eigenvalue weighted by molar-refractivity contribution is 0.113. The van der Waals surface area contributed by atoms with E-state index in [-0.39, 0.29) is 24.0 Å². The van der Waals surface area contributed by atoms with Gasteiger partial charge in [-0.05, 0) is 62.0 Å². The van der Waals surface area contributed by atoms with Crippen molar-refractivity contribution in [3.8, 4) is 0 Å². The Morgan fingerprint density at radius 3 is 2.67 bits per heavy atom. The molecular weight excluding hydrogens is 435 g/mol. The van der Waals surface area contributed by atoms with Crippen molar-refractivity contribution >= 4 is 41.5 Å². The Labute approximate surface area is 167 Å². The summed E-state index contributed by atoms with van der Waals surface area (Å²) in [6, 6.07) is 3.86. The molecule has 2 saturated carbocycles. The van der Waals surface area contributed by atoms with Crippen molar-refractivity contribution in [1.29, 1.82) is 0 Å². The van der Waals surface area contributed by atoms with Gasteiger partial charge in [0.2, 0.25) is 0 Å². The van der Waals surface area contributed by atoms with Gasteiger partial charge in [-0.1, -0.05) is 24.1 Å². The summed E-state index contributed by atoms with van der Waals surface area (Å²) in [5.74, 6) is 1.89. The molecule has 2 N–H and O–H groups in total. The summed E-state index contributed by atoms with van der Waals surface area (Å²) in [5, 5.41) is 7.35. The molecule has 24 heavy (non-hydrogen) atoms. The van der Waals surface area contributed by atoms with Crippen LogP contribution in [0.1, 0.15) is 44.6 Å². The molecule has 0 spiro atoms. The van der Waals surface area contributed by atoms with E-state index in [4.69, 9.17) is 16.6 Å². The van der Waals surface area contributed by atoms with Crippen LogP contribution in [-0.4, -0.2) is 30.6 Å². The number of guanidine groups is 1. The zero-order chi connectivity index (χ0) is 16.1. The van der Waals surface area contributed by atoms with E-state index >= 15 is 0 Å². The number of rotatable bonds is 7. The molecule has 0 atom stereocenters. The molecule has 134 valence electrons. The van der Waals surface area contributed by atoms with Gasteiger partial charge in [0.05, 0.1) is 0 Å². The molecule has 0 aliphatic heterocycles. The van der Waals surface area contributed by atoms with Gasteiger partial charge < -0.3 is 10.6 Å². The predicted molar refractivity (Wildman–Crippen MR) is 111 cm³/mol. The lowest BCUT2D eigenvalue weighted by atomic mass is 9.65. The van der Waals surface area contributed by atoms with Crippen LogP contribution in [0.4, 0.5) is 0 Å². The van der Waals surface area contributed by atoms with Crippen molar-refractivity contribution in [2.24, 2.45) is 16.3 Å². The normalized spacial score (nSPS) is 19.2. The largest absolute Gasteiger partial charge is 0.357 e. The highest BCUT2D eigenvalue weighted by Crippen LogP contribution is 2.57. The number of nitrogens with one attached hydrogen (secondary N) is 2. The molecule has 3 rings (SSSR count). The number of hydrogen-bond donors (Lipinski definition) is 2. The van der Waals surface area contributed by atoms with Crippen LogP contribution in [0.15, 0.2) is 23.3 Å². The molecule has 2 fully saturated rings. The van der Waals surface area contributed by atoms with E-state index in [0.717, 1.165) is 37.9 Å². The first-order chi connectivity index (χ1) is 11.2. The zero-order valence-corrected chi connectivity index (χ0v) is 17.4. The van der Waals surface area contributed by atoms with Crippen molar-refractivity contribution in [3.63, 3.8) is 0 Å². The summed E-state index contributed by atoms with van der Waals surface area (Å²) in [4.78, 5) is 8.99. The van der Waals surface area contributed by atoms with Gasteiger partial charge in [-0.15, -0.1) is 24.0 Å². The third-order valence-corrected chi connectivity index (χ3v) is 5.41. The van der Waals surface area contributed by atoms with Crippen LogP contribution in [-0.2, 0) is 6.42 Å². The fourth-order valence-corrected chi connectivity index (χ4v) is 3.59. The number of aliphatic imine (C=N–C) groups is 1. The molecule has 1 aromatic rings. The first-order valence-corrected chi connectivity index (χ1v) is 9.22. The highest BCUT2D eigenvalue weighted by Gasteiger charge is 2.48. The monoisotopic (exact) mass is 462 g/mol. The van der Waals surface area contributed by atoms with Crippen molar-refractivity contribution in [3.05, 3.63) is 29.0 Å². The maximum Gasteiger partial charge on any atom is 0.191 e. The van der Waals surface area contributed by atoms with Crippen LogP contribution >= 0.6 is 35.6 Å². The van der Waals surface area contributed by atoms with Gasteiger partial charge in [0.15, 0.2) is 5.96 Å². The lowest BCUT2D eigenvalue weighted by Crippen LogP contribution is -2.41. The quantitative estimate of drug-likeness (QED) is 0.278. The van der Waals surface area contributed by atoms with Crippen LogP contribution in [0.25, 0.3) is 0 Å². The van der Waals surface area contributed by atoms with E-state index < -0.39 is 0 Å². The number of pyridine rings is 1. The maximum atomic E-state index is 5.82. The average molecular weight is 463 g/mol. The van der Waals surface area contributed by atoms with Crippen molar-refractivity contribution in [2.45, 2.75) is 45.4 Å². The second kappa shape index (κ2) is 9.22. The Morgan fingerprint density at radius 2 is 2.12 bits per heavy atom. The van der Waals surface area contributed by atoms with Crippen molar-refractivity contribution < 1.29 is 0 Å². The van der Waals surface area contributed by atoms with Crippen LogP contribution < -0.4 is 10.6 Å². The summed E-state index contributed by atoms with van der Waals surface area (Å²) < 4.78 is 0. The third kappa shape index (κ3) is 5.22. The summed E-state index contributed by atoms with van der Waals surface area (Å²) in [6.07, 6.45) is 9.73. The van der Waals surface area contributed by atoms with Gasteiger partial charge in [0, 0.05) is 25.8 Å². The molecule has 1 aromatic heterocycles. The Balaban J connectivity index is 0.00000208. The predicted octanol–water partition coefficient (Wildman–Crippen LogP) is 4.03. The first-order valence-electron chi connectivity index (χ1n) is 8.84. The Bertz CT molecular complexity index is 538. The van der Waals surface area contributed by atoms with E-state index in [1.165, 1.54) is 37.7 Å². The van der Waals surface area contributed by atoms with Crippen molar-refractivity contribution in [2.75, 3.05) is 19.6 Å². The van der Waals surface area contributed by atoms with E-state index in [1.807, 2.05) is 18.3 Å². The summed E-state index contributed by atoms with van der Waals surface area (Å²) in [6.45, 7) is 4.84. The first kappa shape index (κ1) is 19.8. The number of nitrogens with zero attached hydrogens (tertiary/aromatic N) is 2. The van der Waals surface area contributed by atoms with Crippen LogP contribution in [0.5, 0.6) is 0 Å². The zero-order valence-electron chi connectivity index (χ0n) is 14.4. The maximum absolute atomic E-state index is 5.82. The number of halogens is 2. The standard InChI is InChI=1S/C18H27ClN4.HI/c1-2-20-17(21-11-8-14-4-7-16(19)22-12-14)23-13-18(9-3-10-18)15-5-6-15;/h4,7,12,15H,2-3,5-6,8-11,13H2,1H3,(H2,20,21,23);1H. The third-order valence-electron chi connectivity index (χ3n) is 5.18. The number of hydrogen-bond acceptors (Lipinski definition) is 2. The molecule has 2 aliphatic carbocycles. The Kier molecular flexibility index (Phi) is 7.60. The molecule has 1 heterocycles. The molecule has 0 amide bonds. The van der Waals surface area contributed by atoms with Gasteiger partial charge in [0.1, 0.15) is 5.15 Å². The van der Waals surface area contributed by atoms with Gasteiger partial charge in [-0.3, -0.25) is 4.99 Å². The fraction of sp³-hybridized carbons (Fsp3) is 0.667. The van der Waals surface area contributed by atoms with E-state index in [0.29, 0.717) is 10.6 Å². The molecule has 0 radical (unpaired) electrons. The minimum Gasteiger partial charge on any atom is -0.357 e. The molecule has 4 nitrogen and oxygen atoms in total. The smallest absolute Gasteiger partial charge is 0.191 e. The summed E-state index contributed by atoms with van der Waals surface area (Å²) in [5.41, 5.74) is 1.72. The topological polar surface area (TPSA) is 49.3 Å². The SMILES string of the molecule is CCNC(=NCC1(C2CC2)CCC1)NCCc1ccc(Cl)nc1.I. The molecule has 0 saturated heterocycles. The Hall–Kier alpha value is -0.560. The van der Waals surface area contributed by atoms with Crippen molar-refractivity contribution in [1.82, 2.24) is 15.6 Å². The van der Waals surface area contributed by atoms with Crippen LogP contribution in [0.3, 0.4) is 0 Å². The van der Waals surface area contributed by atoms with Gasteiger partial charge >= 0.3 is 0 Å². The number of aromatic nitrogens is 1. The van der Waals surface area contributed by atoms with E-state index in [2.05, 4.69) is 22.5 Å². The van der Waals surface area contributed by atoms with E-state index in [1.54, 1.807) is 0 Å². The van der Waals surface area contributed by atoms with E-state index in [9.17, 15) is 0 Å². The molecule has 0 bridgehead atoms. The van der Waals surface area contributed by atoms with Gasteiger partial charge in [-0.25, -0.2) is 4.98 Å². The molecule has 6 heteroatoms. The average Bonchev–Trinajstić information content (AvgIpc) is 3.33. The van der Waals surface area contributed by atoms with Gasteiger partial charge in [0.25, 0.3) is 0 Å². The van der Waals surface area contributed by atoms with Crippen LogP contribution in [0.2, 0.25) is 5.15 Å². The summed E-state index contributed by atoms with van der Waals surface area (Å²) >= 11 is 5.82. The highest BCUT2D eigenvalue weighted by molar-refractivity contribution is 14.0. The highest BCUT2D eigenvalue weighted by atomic mass is 127. The lowest BCUT2D eigenvalue weighted by Gasteiger charge is -2.41. The minimum atomic E-state index is 0. The second-order valence-electron chi connectivity index (χ2n) is 6.85. The molecular formula is C18H28ClIN4. The summed E-state index contributed by atoms with van der Waals surface area (Å²) in [7, 11) is 0. The van der Waals surface area contributed by atoms with Crippen LogP contribution in [0, 0.1) is 11.3 Å². The second-order valence-corrected chi connectivity index (χ2v) is 7.24. The molecule has 2 aliphatic rings. The molecule has 0 unspecified atom stereocenters. The minimum absolute atomic E-state index is 0. The molecule has 0 aromatic carbocycles. The fourth-order valence-electron chi connectivity index (χ4n) is 3.48. The Morgan fingerprint density at radius 1 is 1.33 bits per heavy atom.